The van der Waals surface area contributed by atoms with Gasteiger partial charge in [0.1, 0.15) is 18.3 Å². The van der Waals surface area contributed by atoms with E-state index >= 15 is 0 Å². The minimum Gasteiger partial charge on any atom is -0.497 e. The molecule has 11 heteroatoms. The summed E-state index contributed by atoms with van der Waals surface area (Å²) in [7, 11) is -2.70. The predicted octanol–water partition coefficient (Wildman–Crippen LogP) is 5.53. The summed E-state index contributed by atoms with van der Waals surface area (Å²) in [6.45, 7) is 4.86. The standard InChI is InChI=1S/C29H33Cl2N3O5S/c1-5-20(2)32-29(36)21(3)33(18-22-14-16-23(39-4)17-15-22)27(35)19-34(26-13-9-12-25(30)28(26)31)40(37,38)24-10-7-6-8-11-24/h6-17,20-21H,5,18-19H2,1-4H3,(H,32,36)/t20-,21+/m0/s1. The Morgan fingerprint density at radius 1 is 0.950 bits per heavy atom. The summed E-state index contributed by atoms with van der Waals surface area (Å²) in [6.07, 6.45) is 0.710. The lowest BCUT2D eigenvalue weighted by Crippen LogP contribution is -2.52. The monoisotopic (exact) mass is 605 g/mol. The van der Waals surface area contributed by atoms with Crippen molar-refractivity contribution in [2.24, 2.45) is 0 Å². The van der Waals surface area contributed by atoms with E-state index in [-0.39, 0.29) is 39.1 Å². The zero-order valence-corrected chi connectivity index (χ0v) is 25.1. The van der Waals surface area contributed by atoms with Crippen LogP contribution in [-0.4, -0.2) is 50.9 Å². The number of hydrogen-bond donors (Lipinski definition) is 1. The van der Waals surface area contributed by atoms with Gasteiger partial charge in [-0.2, -0.15) is 0 Å². The van der Waals surface area contributed by atoms with Gasteiger partial charge in [0.15, 0.2) is 0 Å². The van der Waals surface area contributed by atoms with Crippen LogP contribution in [0.5, 0.6) is 5.75 Å². The molecule has 0 radical (unpaired) electrons. The lowest BCUT2D eigenvalue weighted by Gasteiger charge is -2.32. The maximum absolute atomic E-state index is 14.0. The lowest BCUT2D eigenvalue weighted by molar-refractivity contribution is -0.139. The molecule has 0 heterocycles. The summed E-state index contributed by atoms with van der Waals surface area (Å²) < 4.78 is 33.8. The number of benzene rings is 3. The smallest absolute Gasteiger partial charge is 0.264 e. The molecule has 8 nitrogen and oxygen atoms in total. The second kappa shape index (κ2) is 13.9. The molecule has 0 aliphatic rings. The quantitative estimate of drug-likeness (QED) is 0.293. The Kier molecular flexibility index (Phi) is 10.8. The first-order valence-corrected chi connectivity index (χ1v) is 14.9. The molecule has 0 saturated heterocycles. The van der Waals surface area contributed by atoms with Crippen molar-refractivity contribution in [1.82, 2.24) is 10.2 Å². The first-order chi connectivity index (χ1) is 19.0. The Bertz CT molecular complexity index is 1420. The summed E-state index contributed by atoms with van der Waals surface area (Å²) in [6, 6.07) is 18.4. The van der Waals surface area contributed by atoms with Crippen molar-refractivity contribution in [2.45, 2.75) is 50.7 Å². The number of sulfonamides is 1. The molecular weight excluding hydrogens is 573 g/mol. The zero-order valence-electron chi connectivity index (χ0n) is 22.8. The highest BCUT2D eigenvalue weighted by Gasteiger charge is 2.33. The molecule has 2 amide bonds. The van der Waals surface area contributed by atoms with Gasteiger partial charge in [0.05, 0.1) is 27.7 Å². The molecule has 0 bridgehead atoms. The Balaban J connectivity index is 2.05. The third-order valence-electron chi connectivity index (χ3n) is 6.49. The normalized spacial score (nSPS) is 12.8. The van der Waals surface area contributed by atoms with Crippen molar-refractivity contribution in [1.29, 1.82) is 0 Å². The van der Waals surface area contributed by atoms with E-state index < -0.39 is 28.5 Å². The third-order valence-corrected chi connectivity index (χ3v) is 9.07. The van der Waals surface area contributed by atoms with Crippen LogP contribution in [-0.2, 0) is 26.2 Å². The number of halogens is 2. The molecule has 0 aliphatic carbocycles. The van der Waals surface area contributed by atoms with Crippen molar-refractivity contribution >= 4 is 50.7 Å². The number of rotatable bonds is 12. The fourth-order valence-electron chi connectivity index (χ4n) is 3.89. The fourth-order valence-corrected chi connectivity index (χ4v) is 5.79. The van der Waals surface area contributed by atoms with Crippen molar-refractivity contribution in [3.05, 3.63) is 88.4 Å². The van der Waals surface area contributed by atoms with Gasteiger partial charge in [-0.15, -0.1) is 0 Å². The Hall–Kier alpha value is -3.27. The maximum Gasteiger partial charge on any atom is 0.264 e. The molecule has 0 spiro atoms. The predicted molar refractivity (Wildman–Crippen MR) is 158 cm³/mol. The highest BCUT2D eigenvalue weighted by Crippen LogP contribution is 2.35. The molecule has 1 N–H and O–H groups in total. The van der Waals surface area contributed by atoms with Crippen molar-refractivity contribution in [3.63, 3.8) is 0 Å². The third kappa shape index (κ3) is 7.47. The van der Waals surface area contributed by atoms with Gasteiger partial charge in [0.2, 0.25) is 11.8 Å². The number of hydrogen-bond acceptors (Lipinski definition) is 5. The van der Waals surface area contributed by atoms with Crippen LogP contribution in [0, 0.1) is 0 Å². The van der Waals surface area contributed by atoms with E-state index in [0.29, 0.717) is 12.2 Å². The van der Waals surface area contributed by atoms with Gasteiger partial charge in [-0.25, -0.2) is 8.42 Å². The van der Waals surface area contributed by atoms with E-state index in [0.717, 1.165) is 9.87 Å². The number of nitrogens with one attached hydrogen (secondary N) is 1. The van der Waals surface area contributed by atoms with Crippen LogP contribution in [0.1, 0.15) is 32.8 Å². The molecule has 40 heavy (non-hydrogen) atoms. The molecule has 2 atom stereocenters. The second-order valence-corrected chi connectivity index (χ2v) is 11.9. The number of carbonyl (C=O) groups is 2. The van der Waals surface area contributed by atoms with Gasteiger partial charge in [0, 0.05) is 12.6 Å². The van der Waals surface area contributed by atoms with Crippen LogP contribution >= 0.6 is 23.2 Å². The summed E-state index contributed by atoms with van der Waals surface area (Å²) in [5.74, 6) is -0.312. The second-order valence-electron chi connectivity index (χ2n) is 9.26. The van der Waals surface area contributed by atoms with E-state index in [1.165, 1.54) is 29.2 Å². The first-order valence-electron chi connectivity index (χ1n) is 12.7. The Morgan fingerprint density at radius 2 is 1.60 bits per heavy atom. The molecule has 3 aromatic carbocycles. The average Bonchev–Trinajstić information content (AvgIpc) is 2.96. The van der Waals surface area contributed by atoms with Crippen LogP contribution in [0.2, 0.25) is 10.0 Å². The fraction of sp³-hybridized carbons (Fsp3) is 0.310. The lowest BCUT2D eigenvalue weighted by atomic mass is 10.1. The molecule has 3 aromatic rings. The first kappa shape index (κ1) is 31.3. The molecule has 0 saturated carbocycles. The largest absolute Gasteiger partial charge is 0.497 e. The van der Waals surface area contributed by atoms with E-state index in [1.54, 1.807) is 62.6 Å². The number of methoxy groups -OCH3 is 1. The molecule has 0 unspecified atom stereocenters. The number of carbonyl (C=O) groups excluding carboxylic acids is 2. The summed E-state index contributed by atoms with van der Waals surface area (Å²) >= 11 is 12.7. The van der Waals surface area contributed by atoms with Gasteiger partial charge in [-0.05, 0) is 62.2 Å². The van der Waals surface area contributed by atoms with Crippen molar-refractivity contribution in [2.75, 3.05) is 18.0 Å². The molecule has 0 aliphatic heterocycles. The molecule has 214 valence electrons. The Morgan fingerprint density at radius 3 is 2.20 bits per heavy atom. The van der Waals surface area contributed by atoms with Gasteiger partial charge in [-0.1, -0.05) is 66.5 Å². The van der Waals surface area contributed by atoms with E-state index in [9.17, 15) is 18.0 Å². The minimum atomic E-state index is -4.25. The Labute approximate surface area is 245 Å². The summed E-state index contributed by atoms with van der Waals surface area (Å²) in [5.41, 5.74) is 0.781. The van der Waals surface area contributed by atoms with E-state index in [1.807, 2.05) is 13.8 Å². The number of amides is 2. The van der Waals surface area contributed by atoms with Crippen LogP contribution in [0.3, 0.4) is 0 Å². The number of nitrogens with zero attached hydrogens (tertiary/aromatic N) is 2. The average molecular weight is 607 g/mol. The highest BCUT2D eigenvalue weighted by molar-refractivity contribution is 7.92. The maximum atomic E-state index is 14.0. The van der Waals surface area contributed by atoms with Crippen LogP contribution in [0.4, 0.5) is 5.69 Å². The van der Waals surface area contributed by atoms with Gasteiger partial charge >= 0.3 is 0 Å². The van der Waals surface area contributed by atoms with Gasteiger partial charge in [0.25, 0.3) is 10.0 Å². The topological polar surface area (TPSA) is 96.0 Å². The van der Waals surface area contributed by atoms with Crippen LogP contribution in [0.15, 0.2) is 77.7 Å². The molecule has 3 rings (SSSR count). The summed E-state index contributed by atoms with van der Waals surface area (Å²) in [5, 5.41) is 3.03. The summed E-state index contributed by atoms with van der Waals surface area (Å²) in [4.78, 5) is 28.4. The zero-order chi connectivity index (χ0) is 29.4. The minimum absolute atomic E-state index is 0.0132. The molecule has 0 fully saturated rings. The van der Waals surface area contributed by atoms with Crippen molar-refractivity contribution < 1.29 is 22.7 Å². The number of ether oxygens (including phenoxy) is 1. The van der Waals surface area contributed by atoms with Crippen LogP contribution in [0.25, 0.3) is 0 Å². The van der Waals surface area contributed by atoms with Gasteiger partial charge < -0.3 is 15.0 Å². The number of anilines is 1. The highest BCUT2D eigenvalue weighted by atomic mass is 35.5. The van der Waals surface area contributed by atoms with Gasteiger partial charge in [-0.3, -0.25) is 13.9 Å². The van der Waals surface area contributed by atoms with E-state index in [2.05, 4.69) is 5.32 Å². The SMILES string of the molecule is CC[C@H](C)NC(=O)[C@@H](C)N(Cc1ccc(OC)cc1)C(=O)CN(c1cccc(Cl)c1Cl)S(=O)(=O)c1ccccc1. The van der Waals surface area contributed by atoms with Crippen LogP contribution < -0.4 is 14.4 Å². The van der Waals surface area contributed by atoms with Crippen molar-refractivity contribution in [3.8, 4) is 5.75 Å². The van der Waals surface area contributed by atoms with E-state index in [4.69, 9.17) is 27.9 Å². The molecular formula is C29H33Cl2N3O5S. The molecule has 0 aromatic heterocycles.